The second-order valence-corrected chi connectivity index (χ2v) is 10.6. The molecule has 2 aliphatic heterocycles. The lowest BCUT2D eigenvalue weighted by atomic mass is 9.75. The number of carbonyl (C=O) groups is 1. The first-order chi connectivity index (χ1) is 17.3. The fourth-order valence-corrected chi connectivity index (χ4v) is 5.93. The Hall–Kier alpha value is -2.35. The average Bonchev–Trinajstić information content (AvgIpc) is 3.65. The van der Waals surface area contributed by atoms with Crippen LogP contribution in [-0.4, -0.2) is 43.7 Å². The van der Waals surface area contributed by atoms with Crippen molar-refractivity contribution in [2.24, 2.45) is 5.92 Å². The molecule has 1 spiro atoms. The molecule has 0 radical (unpaired) electrons. The number of nitrogens with one attached hydrogen (secondary N) is 1. The molecule has 0 bridgehead atoms. The van der Waals surface area contributed by atoms with Crippen LogP contribution in [0.2, 0.25) is 0 Å². The van der Waals surface area contributed by atoms with Gasteiger partial charge in [0.1, 0.15) is 5.60 Å². The number of nitrogens with zero attached hydrogens (tertiary/aromatic N) is 1. The predicted octanol–water partition coefficient (Wildman–Crippen LogP) is 4.69. The summed E-state index contributed by atoms with van der Waals surface area (Å²) in [7, 11) is 1.72. The molecule has 194 valence electrons. The first-order valence-electron chi connectivity index (χ1n) is 13.1. The van der Waals surface area contributed by atoms with Crippen LogP contribution in [0.25, 0.3) is 0 Å². The highest BCUT2D eigenvalue weighted by molar-refractivity contribution is 5.82. The van der Waals surface area contributed by atoms with Crippen LogP contribution < -0.4 is 5.32 Å². The smallest absolute Gasteiger partial charge is 0.230 e. The molecule has 1 amide bonds. The lowest BCUT2D eigenvalue weighted by Gasteiger charge is -2.43. The molecule has 1 saturated carbocycles. The van der Waals surface area contributed by atoms with E-state index in [1.165, 1.54) is 34.4 Å². The van der Waals surface area contributed by atoms with Crippen molar-refractivity contribution in [1.82, 2.24) is 10.2 Å². The molecule has 36 heavy (non-hydrogen) atoms. The number of hydrogen-bond acceptors (Lipinski definition) is 4. The molecular formula is C29H36F2N2O3. The monoisotopic (exact) mass is 498 g/mol. The van der Waals surface area contributed by atoms with Gasteiger partial charge in [-0.1, -0.05) is 12.1 Å². The van der Waals surface area contributed by atoms with E-state index in [-0.39, 0.29) is 18.6 Å². The average molecular weight is 499 g/mol. The highest BCUT2D eigenvalue weighted by Crippen LogP contribution is 2.48. The number of benzene rings is 2. The molecule has 5 nitrogen and oxygen atoms in total. The van der Waals surface area contributed by atoms with Gasteiger partial charge in [0.25, 0.3) is 0 Å². The summed E-state index contributed by atoms with van der Waals surface area (Å²) in [5.74, 6) is -2.23. The van der Waals surface area contributed by atoms with Crippen molar-refractivity contribution in [2.45, 2.75) is 70.7 Å². The highest BCUT2D eigenvalue weighted by Gasteiger charge is 2.53. The Labute approximate surface area is 212 Å². The van der Waals surface area contributed by atoms with Gasteiger partial charge >= 0.3 is 0 Å². The van der Waals surface area contributed by atoms with E-state index in [0.29, 0.717) is 37.2 Å². The Kier molecular flexibility index (Phi) is 7.16. The zero-order chi connectivity index (χ0) is 25.4. The van der Waals surface area contributed by atoms with Gasteiger partial charge in [-0.2, -0.15) is 0 Å². The van der Waals surface area contributed by atoms with Crippen LogP contribution in [0, 0.1) is 31.4 Å². The number of fused-ring (bicyclic) bond motifs is 2. The Morgan fingerprint density at radius 1 is 1.19 bits per heavy atom. The zero-order valence-corrected chi connectivity index (χ0v) is 21.5. The maximum absolute atomic E-state index is 14.3. The fraction of sp³-hybridized carbons (Fsp3) is 0.552. The largest absolute Gasteiger partial charge is 0.385 e. The fourth-order valence-electron chi connectivity index (χ4n) is 5.93. The number of methoxy groups -OCH3 is 1. The molecule has 1 saturated heterocycles. The number of hydrogen-bond donors (Lipinski definition) is 1. The molecule has 1 aliphatic carbocycles. The Morgan fingerprint density at radius 2 is 1.97 bits per heavy atom. The number of piperidine rings is 1. The van der Waals surface area contributed by atoms with Crippen molar-refractivity contribution in [2.75, 3.05) is 26.8 Å². The van der Waals surface area contributed by atoms with Crippen LogP contribution in [0.3, 0.4) is 0 Å². The first kappa shape index (κ1) is 25.3. The molecule has 2 atom stereocenters. The number of ether oxygens (including phenoxy) is 2. The topological polar surface area (TPSA) is 50.8 Å². The Morgan fingerprint density at radius 3 is 2.72 bits per heavy atom. The van der Waals surface area contributed by atoms with E-state index in [9.17, 15) is 13.6 Å². The van der Waals surface area contributed by atoms with Gasteiger partial charge in [0.2, 0.25) is 5.91 Å². The molecule has 2 heterocycles. The number of amides is 1. The summed E-state index contributed by atoms with van der Waals surface area (Å²) < 4.78 is 39.8. The third-order valence-electron chi connectivity index (χ3n) is 8.23. The van der Waals surface area contributed by atoms with Gasteiger partial charge in [-0.3, -0.25) is 4.79 Å². The maximum Gasteiger partial charge on any atom is 0.230 e. The SMILES string of the molecule is COCCCc1cc(C)c(C)c(CN(C(=O)C2CNCCC23OCc2cc(F)c(F)cc23)C2CC2)c1. The minimum absolute atomic E-state index is 0.0316. The minimum Gasteiger partial charge on any atom is -0.385 e. The summed E-state index contributed by atoms with van der Waals surface area (Å²) >= 11 is 0. The molecule has 0 aromatic heterocycles. The summed E-state index contributed by atoms with van der Waals surface area (Å²) in [5, 5.41) is 3.35. The van der Waals surface area contributed by atoms with E-state index in [1.54, 1.807) is 7.11 Å². The number of aryl methyl sites for hydroxylation is 2. The van der Waals surface area contributed by atoms with Crippen LogP contribution in [-0.2, 0) is 39.4 Å². The number of halogens is 2. The molecule has 7 heteroatoms. The van der Waals surface area contributed by atoms with E-state index in [4.69, 9.17) is 9.47 Å². The van der Waals surface area contributed by atoms with E-state index in [1.807, 2.05) is 4.90 Å². The standard InChI is InChI=1S/C29H36F2N2O3/c1-18-11-20(5-4-10-35-3)12-21(19(18)2)16-33(23-6-7-23)28(34)25-15-32-9-8-29(25)24-14-27(31)26(30)13-22(24)17-36-29/h11-14,23,25,32H,4-10,15-17H2,1-3H3. The molecule has 3 aliphatic rings. The molecule has 2 fully saturated rings. The van der Waals surface area contributed by atoms with Crippen LogP contribution in [0.4, 0.5) is 8.78 Å². The Balaban J connectivity index is 1.44. The lowest BCUT2D eigenvalue weighted by Crippen LogP contribution is -2.55. The van der Waals surface area contributed by atoms with Gasteiger partial charge in [-0.25, -0.2) is 8.78 Å². The van der Waals surface area contributed by atoms with Crippen LogP contribution in [0.1, 0.15) is 59.1 Å². The van der Waals surface area contributed by atoms with Gasteiger partial charge in [0.05, 0.1) is 12.5 Å². The first-order valence-corrected chi connectivity index (χ1v) is 13.1. The highest BCUT2D eigenvalue weighted by atomic mass is 19.2. The number of carbonyl (C=O) groups excluding carboxylic acids is 1. The summed E-state index contributed by atoms with van der Waals surface area (Å²) in [6.07, 6.45) is 4.41. The van der Waals surface area contributed by atoms with E-state index >= 15 is 0 Å². The summed E-state index contributed by atoms with van der Waals surface area (Å²) in [5.41, 5.74) is 5.21. The van der Waals surface area contributed by atoms with Gasteiger partial charge in [-0.15, -0.1) is 0 Å². The summed E-state index contributed by atoms with van der Waals surface area (Å²) in [6.45, 7) is 6.82. The third-order valence-corrected chi connectivity index (χ3v) is 8.23. The third kappa shape index (κ3) is 4.69. The van der Waals surface area contributed by atoms with Gasteiger partial charge < -0.3 is 19.7 Å². The maximum atomic E-state index is 14.3. The van der Waals surface area contributed by atoms with Crippen molar-refractivity contribution in [3.05, 3.63) is 69.3 Å². The van der Waals surface area contributed by atoms with Crippen molar-refractivity contribution in [1.29, 1.82) is 0 Å². The van der Waals surface area contributed by atoms with Crippen molar-refractivity contribution >= 4 is 5.91 Å². The van der Waals surface area contributed by atoms with Crippen molar-refractivity contribution in [3.8, 4) is 0 Å². The quantitative estimate of drug-likeness (QED) is 0.537. The number of rotatable bonds is 8. The van der Waals surface area contributed by atoms with Crippen LogP contribution >= 0.6 is 0 Å². The van der Waals surface area contributed by atoms with Crippen LogP contribution in [0.5, 0.6) is 0 Å². The second kappa shape index (κ2) is 10.2. The predicted molar refractivity (Wildman–Crippen MR) is 133 cm³/mol. The molecular weight excluding hydrogens is 462 g/mol. The lowest BCUT2D eigenvalue weighted by molar-refractivity contribution is -0.157. The van der Waals surface area contributed by atoms with E-state index in [2.05, 4.69) is 31.3 Å². The van der Waals surface area contributed by atoms with E-state index < -0.39 is 23.2 Å². The summed E-state index contributed by atoms with van der Waals surface area (Å²) in [6, 6.07) is 7.15. The molecule has 2 unspecified atom stereocenters. The molecule has 2 aromatic carbocycles. The molecule has 1 N–H and O–H groups in total. The summed E-state index contributed by atoms with van der Waals surface area (Å²) in [4.78, 5) is 16.2. The van der Waals surface area contributed by atoms with E-state index in [0.717, 1.165) is 32.3 Å². The van der Waals surface area contributed by atoms with Crippen molar-refractivity contribution in [3.63, 3.8) is 0 Å². The molecule has 5 rings (SSSR count). The van der Waals surface area contributed by atoms with Gasteiger partial charge in [0, 0.05) is 32.8 Å². The Bertz CT molecular complexity index is 1150. The minimum atomic E-state index is -0.924. The normalized spacial score (nSPS) is 23.2. The second-order valence-electron chi connectivity index (χ2n) is 10.6. The zero-order valence-electron chi connectivity index (χ0n) is 21.5. The van der Waals surface area contributed by atoms with Gasteiger partial charge in [-0.05, 0) is 98.0 Å². The van der Waals surface area contributed by atoms with Gasteiger partial charge in [0.15, 0.2) is 11.6 Å². The molecule has 2 aromatic rings. The van der Waals surface area contributed by atoms with Crippen molar-refractivity contribution < 1.29 is 23.0 Å². The van der Waals surface area contributed by atoms with Crippen LogP contribution in [0.15, 0.2) is 24.3 Å².